The van der Waals surface area contributed by atoms with E-state index in [1.54, 1.807) is 38.1 Å². The number of carbonyl (C=O) groups excluding carboxylic acids is 2. The van der Waals surface area contributed by atoms with Crippen molar-refractivity contribution in [2.45, 2.75) is 19.8 Å². The smallest absolute Gasteiger partial charge is 0.316 e. The zero-order valence-corrected chi connectivity index (χ0v) is 19.5. The van der Waals surface area contributed by atoms with Crippen LogP contribution in [0.4, 0.5) is 5.69 Å². The second-order valence-corrected chi connectivity index (χ2v) is 8.47. The van der Waals surface area contributed by atoms with Crippen molar-refractivity contribution in [3.8, 4) is 6.07 Å². The average molecular weight is 492 g/mol. The first kappa shape index (κ1) is 23.8. The maximum absolute atomic E-state index is 13.3. The number of nitrogens with zero attached hydrogens (tertiary/aromatic N) is 1. The number of ether oxygens (including phenoxy) is 1. The molecule has 0 aliphatic carbocycles. The minimum atomic E-state index is -0.771. The van der Waals surface area contributed by atoms with Gasteiger partial charge in [-0.05, 0) is 44.2 Å². The van der Waals surface area contributed by atoms with E-state index in [1.807, 2.05) is 0 Å². The Bertz CT molecular complexity index is 1140. The second-order valence-electron chi connectivity index (χ2n) is 6.64. The van der Waals surface area contributed by atoms with Crippen LogP contribution in [-0.2, 0) is 14.3 Å². The van der Waals surface area contributed by atoms with Crippen LogP contribution in [0.25, 0.3) is 0 Å². The molecule has 0 spiro atoms. The Labute approximate surface area is 199 Å². The number of nitriles is 1. The standard InChI is InChI=1S/C22H19Cl2N3O4S/c1-3-30-18(28)11-32-22-14(10-25)20(17-5-4-8-31-17)19(12(2)26-22)21(29)27-16-7-6-13(23)9-15(16)24/h4-9,20,26H,3,11H2,1-2H3,(H,27,29)/t20-/m1/s1. The summed E-state index contributed by atoms with van der Waals surface area (Å²) in [5.74, 6) is -1.19. The van der Waals surface area contributed by atoms with Gasteiger partial charge in [0.25, 0.3) is 5.91 Å². The Morgan fingerprint density at radius 2 is 2.12 bits per heavy atom. The maximum Gasteiger partial charge on any atom is 0.316 e. The molecule has 10 heteroatoms. The van der Waals surface area contributed by atoms with E-state index in [0.717, 1.165) is 11.8 Å². The van der Waals surface area contributed by atoms with E-state index in [1.165, 1.54) is 12.3 Å². The van der Waals surface area contributed by atoms with Crippen LogP contribution in [0.15, 0.2) is 62.9 Å². The lowest BCUT2D eigenvalue weighted by atomic mass is 9.85. The molecule has 2 N–H and O–H groups in total. The van der Waals surface area contributed by atoms with Crippen molar-refractivity contribution in [1.82, 2.24) is 5.32 Å². The summed E-state index contributed by atoms with van der Waals surface area (Å²) in [4.78, 5) is 25.1. The molecule has 2 heterocycles. The fourth-order valence-corrected chi connectivity index (χ4v) is 4.53. The highest BCUT2D eigenvalue weighted by Gasteiger charge is 2.36. The maximum atomic E-state index is 13.3. The number of furan rings is 1. The molecule has 1 aromatic heterocycles. The second kappa shape index (κ2) is 10.6. The van der Waals surface area contributed by atoms with Gasteiger partial charge in [0.1, 0.15) is 5.76 Å². The molecule has 7 nitrogen and oxygen atoms in total. The minimum Gasteiger partial charge on any atom is -0.468 e. The number of carbonyl (C=O) groups is 2. The van der Waals surface area contributed by atoms with Crippen molar-refractivity contribution in [3.05, 3.63) is 74.3 Å². The molecule has 1 atom stereocenters. The van der Waals surface area contributed by atoms with Crippen molar-refractivity contribution in [1.29, 1.82) is 5.26 Å². The number of amides is 1. The number of hydrogen-bond donors (Lipinski definition) is 2. The highest BCUT2D eigenvalue weighted by atomic mass is 35.5. The summed E-state index contributed by atoms with van der Waals surface area (Å²) < 4.78 is 10.5. The SMILES string of the molecule is CCOC(=O)CSC1=C(C#N)[C@H](c2ccco2)C(C(=O)Nc2ccc(Cl)cc2Cl)=C(C)N1. The molecule has 1 aromatic carbocycles. The summed E-state index contributed by atoms with van der Waals surface area (Å²) in [6.07, 6.45) is 1.47. The Hall–Kier alpha value is -2.86. The molecule has 32 heavy (non-hydrogen) atoms. The summed E-state index contributed by atoms with van der Waals surface area (Å²) in [6.45, 7) is 3.70. The normalized spacial score (nSPS) is 15.8. The van der Waals surface area contributed by atoms with E-state index in [0.29, 0.717) is 32.8 Å². The van der Waals surface area contributed by atoms with Gasteiger partial charge in [0.15, 0.2) is 0 Å². The van der Waals surface area contributed by atoms with Gasteiger partial charge in [-0.25, -0.2) is 0 Å². The number of dihydropyridines is 1. The van der Waals surface area contributed by atoms with Gasteiger partial charge in [-0.15, -0.1) is 0 Å². The number of nitrogens with one attached hydrogen (secondary N) is 2. The highest BCUT2D eigenvalue weighted by Crippen LogP contribution is 2.41. The molecule has 3 rings (SSSR count). The predicted octanol–water partition coefficient (Wildman–Crippen LogP) is 5.22. The lowest BCUT2D eigenvalue weighted by Crippen LogP contribution is -2.31. The van der Waals surface area contributed by atoms with E-state index in [4.69, 9.17) is 32.4 Å². The number of thioether (sulfide) groups is 1. The van der Waals surface area contributed by atoms with E-state index in [-0.39, 0.29) is 23.0 Å². The molecule has 1 aliphatic rings. The number of rotatable bonds is 7. The van der Waals surface area contributed by atoms with Crippen LogP contribution in [0.3, 0.4) is 0 Å². The van der Waals surface area contributed by atoms with Crippen LogP contribution in [-0.4, -0.2) is 24.2 Å². The van der Waals surface area contributed by atoms with Gasteiger partial charge in [0, 0.05) is 10.7 Å². The fraction of sp³-hybridized carbons (Fsp3) is 0.227. The zero-order valence-electron chi connectivity index (χ0n) is 17.2. The van der Waals surface area contributed by atoms with Gasteiger partial charge in [0.2, 0.25) is 0 Å². The molecule has 166 valence electrons. The van der Waals surface area contributed by atoms with Crippen LogP contribution in [0.1, 0.15) is 25.5 Å². The van der Waals surface area contributed by atoms with Crippen LogP contribution in [0.5, 0.6) is 0 Å². The third kappa shape index (κ3) is 5.30. The minimum absolute atomic E-state index is 0.0153. The third-order valence-corrected chi connectivity index (χ3v) is 6.08. The number of hydrogen-bond acceptors (Lipinski definition) is 7. The molecule has 0 fully saturated rings. The van der Waals surface area contributed by atoms with Gasteiger partial charge in [-0.1, -0.05) is 35.0 Å². The van der Waals surface area contributed by atoms with E-state index >= 15 is 0 Å². The monoisotopic (exact) mass is 491 g/mol. The predicted molar refractivity (Wildman–Crippen MR) is 124 cm³/mol. The van der Waals surface area contributed by atoms with Crippen LogP contribution in [0.2, 0.25) is 10.0 Å². The first-order valence-electron chi connectivity index (χ1n) is 9.56. The van der Waals surface area contributed by atoms with Crippen LogP contribution >= 0.6 is 35.0 Å². The quantitative estimate of drug-likeness (QED) is 0.511. The lowest BCUT2D eigenvalue weighted by molar-refractivity contribution is -0.139. The molecular weight excluding hydrogens is 473 g/mol. The topological polar surface area (TPSA) is 104 Å². The van der Waals surface area contributed by atoms with Gasteiger partial charge < -0.3 is 19.8 Å². The van der Waals surface area contributed by atoms with Crippen LogP contribution < -0.4 is 10.6 Å². The molecule has 0 saturated carbocycles. The zero-order chi connectivity index (χ0) is 23.3. The summed E-state index contributed by atoms with van der Waals surface area (Å²) in [5.41, 5.74) is 1.44. The molecule has 0 unspecified atom stereocenters. The molecule has 1 amide bonds. The Morgan fingerprint density at radius 3 is 2.75 bits per heavy atom. The number of halogens is 2. The lowest BCUT2D eigenvalue weighted by Gasteiger charge is -2.28. The van der Waals surface area contributed by atoms with Crippen molar-refractivity contribution in [2.75, 3.05) is 17.7 Å². The van der Waals surface area contributed by atoms with Crippen molar-refractivity contribution in [2.24, 2.45) is 0 Å². The first-order valence-corrected chi connectivity index (χ1v) is 11.3. The molecule has 0 saturated heterocycles. The summed E-state index contributed by atoms with van der Waals surface area (Å²) in [5, 5.41) is 17.0. The van der Waals surface area contributed by atoms with Crippen molar-refractivity contribution >= 4 is 52.5 Å². The number of esters is 1. The van der Waals surface area contributed by atoms with Gasteiger partial charge >= 0.3 is 5.97 Å². The largest absolute Gasteiger partial charge is 0.468 e. The summed E-state index contributed by atoms with van der Waals surface area (Å²) in [6, 6.07) is 10.3. The Balaban J connectivity index is 1.96. The molecule has 2 aromatic rings. The summed E-state index contributed by atoms with van der Waals surface area (Å²) >= 11 is 13.3. The number of benzene rings is 1. The summed E-state index contributed by atoms with van der Waals surface area (Å²) in [7, 11) is 0. The molecule has 0 bridgehead atoms. The Kier molecular flexibility index (Phi) is 7.91. The molecule has 1 aliphatic heterocycles. The number of anilines is 1. The highest BCUT2D eigenvalue weighted by molar-refractivity contribution is 8.03. The van der Waals surface area contributed by atoms with E-state index in [9.17, 15) is 14.9 Å². The molecule has 0 radical (unpaired) electrons. The third-order valence-electron chi connectivity index (χ3n) is 4.54. The van der Waals surface area contributed by atoms with Gasteiger partial charge in [-0.2, -0.15) is 5.26 Å². The average Bonchev–Trinajstić information content (AvgIpc) is 3.28. The molecular formula is C22H19Cl2N3O4S. The first-order chi connectivity index (χ1) is 15.3. The van der Waals surface area contributed by atoms with E-state index in [2.05, 4.69) is 16.7 Å². The Morgan fingerprint density at radius 1 is 1.34 bits per heavy atom. The van der Waals surface area contributed by atoms with Crippen molar-refractivity contribution < 1.29 is 18.7 Å². The fourth-order valence-electron chi connectivity index (χ4n) is 3.18. The van der Waals surface area contributed by atoms with Gasteiger partial charge in [-0.3, -0.25) is 9.59 Å². The number of allylic oxidation sites excluding steroid dienone is 2. The van der Waals surface area contributed by atoms with Gasteiger partial charge in [0.05, 0.1) is 57.5 Å². The van der Waals surface area contributed by atoms with Crippen LogP contribution in [0, 0.1) is 11.3 Å². The van der Waals surface area contributed by atoms with Crippen molar-refractivity contribution in [3.63, 3.8) is 0 Å². The van der Waals surface area contributed by atoms with E-state index < -0.39 is 17.8 Å².